The molecule has 0 saturated heterocycles. The van der Waals surface area contributed by atoms with Gasteiger partial charge in [0.1, 0.15) is 11.6 Å². The van der Waals surface area contributed by atoms with Crippen LogP contribution in [0.25, 0.3) is 0 Å². The number of halogens is 2. The number of carbonyl (C=O) groups is 1. The summed E-state index contributed by atoms with van der Waals surface area (Å²) >= 11 is 0. The fourth-order valence-corrected chi connectivity index (χ4v) is 3.24. The number of hydrogen-bond donors (Lipinski definition) is 0. The summed E-state index contributed by atoms with van der Waals surface area (Å²) < 4.78 is 37.7. The number of amides is 1. The largest absolute Gasteiger partial charge is 0.493 e. The first-order chi connectivity index (χ1) is 12.0. The molecule has 1 unspecified atom stereocenters. The van der Waals surface area contributed by atoms with Gasteiger partial charge in [0.05, 0.1) is 25.8 Å². The van der Waals surface area contributed by atoms with E-state index in [4.69, 9.17) is 9.47 Å². The summed E-state index contributed by atoms with van der Waals surface area (Å²) in [5, 5.41) is 0. The molecule has 0 N–H and O–H groups in total. The third-order valence-corrected chi connectivity index (χ3v) is 4.61. The highest BCUT2D eigenvalue weighted by Gasteiger charge is 2.30. The van der Waals surface area contributed by atoms with Crippen molar-refractivity contribution in [3.63, 3.8) is 0 Å². The molecule has 0 spiro atoms. The summed E-state index contributed by atoms with van der Waals surface area (Å²) in [6.07, 6.45) is 0.620. The Morgan fingerprint density at radius 3 is 2.44 bits per heavy atom. The van der Waals surface area contributed by atoms with Gasteiger partial charge in [-0.25, -0.2) is 8.78 Å². The third-order valence-electron chi connectivity index (χ3n) is 4.61. The number of carbonyl (C=O) groups excluding carboxylic acids is 1. The first-order valence-corrected chi connectivity index (χ1v) is 7.97. The molecule has 4 nitrogen and oxygen atoms in total. The molecule has 1 aliphatic rings. The molecule has 0 aromatic heterocycles. The second kappa shape index (κ2) is 6.70. The van der Waals surface area contributed by atoms with Crippen molar-refractivity contribution in [1.29, 1.82) is 0 Å². The predicted octanol–water partition coefficient (Wildman–Crippen LogP) is 3.74. The van der Waals surface area contributed by atoms with E-state index in [-0.39, 0.29) is 11.6 Å². The minimum atomic E-state index is -0.852. The molecule has 25 heavy (non-hydrogen) atoms. The zero-order chi connectivity index (χ0) is 18.1. The Labute approximate surface area is 145 Å². The molecule has 1 atom stereocenters. The van der Waals surface area contributed by atoms with Crippen LogP contribution in [-0.4, -0.2) is 31.6 Å². The zero-order valence-electron chi connectivity index (χ0n) is 14.3. The summed E-state index contributed by atoms with van der Waals surface area (Å²) in [7, 11) is 3.12. The van der Waals surface area contributed by atoms with Crippen molar-refractivity contribution in [2.75, 3.05) is 20.8 Å². The number of methoxy groups -OCH3 is 2. The van der Waals surface area contributed by atoms with Crippen LogP contribution in [0.5, 0.6) is 11.5 Å². The number of ether oxygens (including phenoxy) is 2. The lowest BCUT2D eigenvalue weighted by Gasteiger charge is -2.36. The molecule has 1 amide bonds. The second-order valence-corrected chi connectivity index (χ2v) is 5.95. The Balaban J connectivity index is 1.95. The van der Waals surface area contributed by atoms with Crippen molar-refractivity contribution in [2.45, 2.75) is 19.4 Å². The van der Waals surface area contributed by atoms with Gasteiger partial charge in [0, 0.05) is 12.6 Å². The first-order valence-electron chi connectivity index (χ1n) is 7.97. The van der Waals surface area contributed by atoms with E-state index in [2.05, 4.69) is 0 Å². The predicted molar refractivity (Wildman–Crippen MR) is 89.1 cm³/mol. The van der Waals surface area contributed by atoms with Crippen molar-refractivity contribution < 1.29 is 23.0 Å². The molecular formula is C19H19F2NO3. The van der Waals surface area contributed by atoms with Gasteiger partial charge in [-0.2, -0.15) is 0 Å². The number of rotatable bonds is 3. The quantitative estimate of drug-likeness (QED) is 0.849. The Morgan fingerprint density at radius 2 is 1.80 bits per heavy atom. The van der Waals surface area contributed by atoms with Crippen molar-refractivity contribution in [3.8, 4) is 11.5 Å². The first kappa shape index (κ1) is 17.2. The fraction of sp³-hybridized carbons (Fsp3) is 0.316. The maximum absolute atomic E-state index is 14.0. The standard InChI is InChI=1S/C19H19F2NO3/c1-11-15-10-18(25-3)17(24-2)8-12(15)6-7-22(11)19(23)14-5-4-13(20)9-16(14)21/h4-5,8-11H,6-7H2,1-3H3. The highest BCUT2D eigenvalue weighted by atomic mass is 19.1. The van der Waals surface area contributed by atoms with Crippen LogP contribution >= 0.6 is 0 Å². The highest BCUT2D eigenvalue weighted by molar-refractivity contribution is 5.95. The van der Waals surface area contributed by atoms with Gasteiger partial charge in [-0.05, 0) is 48.7 Å². The van der Waals surface area contributed by atoms with Crippen molar-refractivity contribution in [3.05, 3.63) is 58.7 Å². The summed E-state index contributed by atoms with van der Waals surface area (Å²) in [5.74, 6) is -0.795. The molecule has 2 aromatic rings. The van der Waals surface area contributed by atoms with E-state index in [9.17, 15) is 13.6 Å². The summed E-state index contributed by atoms with van der Waals surface area (Å²) in [5.41, 5.74) is 1.87. The molecule has 6 heteroatoms. The van der Waals surface area contributed by atoms with Crippen LogP contribution < -0.4 is 9.47 Å². The smallest absolute Gasteiger partial charge is 0.257 e. The van der Waals surface area contributed by atoms with Gasteiger partial charge in [-0.3, -0.25) is 4.79 Å². The van der Waals surface area contributed by atoms with Crippen molar-refractivity contribution in [1.82, 2.24) is 4.90 Å². The number of nitrogens with zero attached hydrogens (tertiary/aromatic N) is 1. The fourth-order valence-electron chi connectivity index (χ4n) is 3.24. The molecule has 1 heterocycles. The second-order valence-electron chi connectivity index (χ2n) is 5.95. The molecule has 0 bridgehead atoms. The van der Waals surface area contributed by atoms with E-state index in [1.807, 2.05) is 19.1 Å². The summed E-state index contributed by atoms with van der Waals surface area (Å²) in [4.78, 5) is 14.3. The molecule has 0 fully saturated rings. The molecule has 0 radical (unpaired) electrons. The van der Waals surface area contributed by atoms with E-state index in [0.717, 1.165) is 23.3 Å². The normalized spacial score (nSPS) is 16.4. The SMILES string of the molecule is COc1cc2c(cc1OC)C(C)N(C(=O)c1ccc(F)cc1F)CC2. The van der Waals surface area contributed by atoms with E-state index >= 15 is 0 Å². The molecule has 132 valence electrons. The van der Waals surface area contributed by atoms with Gasteiger partial charge in [-0.1, -0.05) is 0 Å². The lowest BCUT2D eigenvalue weighted by atomic mass is 9.92. The highest BCUT2D eigenvalue weighted by Crippen LogP contribution is 2.38. The molecule has 0 aliphatic carbocycles. The van der Waals surface area contributed by atoms with Gasteiger partial charge < -0.3 is 14.4 Å². The molecule has 0 saturated carbocycles. The zero-order valence-corrected chi connectivity index (χ0v) is 14.3. The van der Waals surface area contributed by atoms with Gasteiger partial charge in [0.25, 0.3) is 5.91 Å². The van der Waals surface area contributed by atoms with Crippen LogP contribution in [0.15, 0.2) is 30.3 Å². The molecular weight excluding hydrogens is 328 g/mol. The average molecular weight is 347 g/mol. The summed E-state index contributed by atoms with van der Waals surface area (Å²) in [6.45, 7) is 2.32. The van der Waals surface area contributed by atoms with Gasteiger partial charge >= 0.3 is 0 Å². The molecule has 1 aliphatic heterocycles. The Morgan fingerprint density at radius 1 is 1.12 bits per heavy atom. The average Bonchev–Trinajstić information content (AvgIpc) is 2.60. The minimum Gasteiger partial charge on any atom is -0.493 e. The maximum Gasteiger partial charge on any atom is 0.257 e. The van der Waals surface area contributed by atoms with E-state index in [1.54, 1.807) is 19.1 Å². The Hall–Kier alpha value is -2.63. The van der Waals surface area contributed by atoms with Gasteiger partial charge in [0.15, 0.2) is 11.5 Å². The van der Waals surface area contributed by atoms with Crippen LogP contribution in [0.4, 0.5) is 8.78 Å². The summed E-state index contributed by atoms with van der Waals surface area (Å²) in [6, 6.07) is 6.49. The Kier molecular flexibility index (Phi) is 4.61. The van der Waals surface area contributed by atoms with Crippen LogP contribution in [0.2, 0.25) is 0 Å². The van der Waals surface area contributed by atoms with E-state index in [0.29, 0.717) is 24.5 Å². The van der Waals surface area contributed by atoms with E-state index in [1.165, 1.54) is 6.07 Å². The van der Waals surface area contributed by atoms with Crippen LogP contribution in [-0.2, 0) is 6.42 Å². The van der Waals surface area contributed by atoms with Crippen LogP contribution in [0.1, 0.15) is 34.5 Å². The number of benzene rings is 2. The monoisotopic (exact) mass is 347 g/mol. The lowest BCUT2D eigenvalue weighted by molar-refractivity contribution is 0.0672. The van der Waals surface area contributed by atoms with Gasteiger partial charge in [-0.15, -0.1) is 0 Å². The van der Waals surface area contributed by atoms with Gasteiger partial charge in [0.2, 0.25) is 0 Å². The Bertz CT molecular complexity index is 823. The number of hydrogen-bond acceptors (Lipinski definition) is 3. The van der Waals surface area contributed by atoms with Crippen molar-refractivity contribution >= 4 is 5.91 Å². The minimum absolute atomic E-state index is 0.128. The maximum atomic E-state index is 14.0. The lowest BCUT2D eigenvalue weighted by Crippen LogP contribution is -2.39. The molecule has 2 aromatic carbocycles. The van der Waals surface area contributed by atoms with Crippen LogP contribution in [0, 0.1) is 11.6 Å². The third kappa shape index (κ3) is 3.04. The van der Waals surface area contributed by atoms with Crippen molar-refractivity contribution in [2.24, 2.45) is 0 Å². The van der Waals surface area contributed by atoms with E-state index < -0.39 is 17.5 Å². The van der Waals surface area contributed by atoms with Crippen LogP contribution in [0.3, 0.4) is 0 Å². The number of fused-ring (bicyclic) bond motifs is 1. The topological polar surface area (TPSA) is 38.8 Å². The molecule has 3 rings (SSSR count).